The van der Waals surface area contributed by atoms with Crippen LogP contribution in [0.3, 0.4) is 0 Å². The predicted octanol–water partition coefficient (Wildman–Crippen LogP) is -0.127. The normalized spacial score (nSPS) is 18.5. The first kappa shape index (κ1) is 25.2. The van der Waals surface area contributed by atoms with Gasteiger partial charge in [-0.3, -0.25) is 14.4 Å². The number of fused-ring (bicyclic) bond motifs is 1. The maximum atomic E-state index is 12.9. The summed E-state index contributed by atoms with van der Waals surface area (Å²) < 4.78 is 52.8. The molecule has 0 radical (unpaired) electrons. The molecule has 1 aromatic heterocycles. The second-order valence-electron chi connectivity index (χ2n) is 7.10. The van der Waals surface area contributed by atoms with Crippen LogP contribution < -0.4 is 5.14 Å². The van der Waals surface area contributed by atoms with Crippen LogP contribution in [0.4, 0.5) is 0 Å². The van der Waals surface area contributed by atoms with Crippen molar-refractivity contribution in [1.82, 2.24) is 9.80 Å². The van der Waals surface area contributed by atoms with E-state index in [9.17, 15) is 31.2 Å². The number of primary sulfonamides is 1. The maximum Gasteiger partial charge on any atom is 0.303 e. The number of rotatable bonds is 7. The van der Waals surface area contributed by atoms with Crippen molar-refractivity contribution in [1.29, 1.82) is 0 Å². The number of sulfone groups is 1. The first-order valence-corrected chi connectivity index (χ1v) is 13.3. The van der Waals surface area contributed by atoms with Crippen molar-refractivity contribution in [2.24, 2.45) is 5.14 Å². The summed E-state index contributed by atoms with van der Waals surface area (Å²) in [6.07, 6.45) is -0.983. The number of amides is 2. The zero-order valence-electron chi connectivity index (χ0n) is 17.5. The maximum absolute atomic E-state index is 12.9. The molecule has 0 saturated carbocycles. The molecule has 174 valence electrons. The lowest BCUT2D eigenvalue weighted by Crippen LogP contribution is -2.46. The van der Waals surface area contributed by atoms with Gasteiger partial charge >= 0.3 is 5.97 Å². The van der Waals surface area contributed by atoms with E-state index < -0.39 is 49.8 Å². The minimum Gasteiger partial charge on any atom is -0.453 e. The van der Waals surface area contributed by atoms with Gasteiger partial charge in [0.2, 0.25) is 15.9 Å². The summed E-state index contributed by atoms with van der Waals surface area (Å²) in [7, 11) is -6.43. The SMILES string of the molecule is CCN(C(=O)CN(C)C(=O)[C@H](C)OC(C)=O)[C@H]1CCS(=O)(=O)c2sc(S(N)(=O)=O)cc21. The molecule has 2 heterocycles. The number of thiophene rings is 1. The van der Waals surface area contributed by atoms with Crippen molar-refractivity contribution in [3.05, 3.63) is 11.6 Å². The van der Waals surface area contributed by atoms with E-state index in [1.54, 1.807) is 6.92 Å². The highest BCUT2D eigenvalue weighted by Crippen LogP contribution is 2.42. The Morgan fingerprint density at radius 1 is 1.35 bits per heavy atom. The summed E-state index contributed by atoms with van der Waals surface area (Å²) >= 11 is 0.569. The molecular weight excluding hydrogens is 470 g/mol. The number of nitrogens with two attached hydrogens (primary N) is 1. The van der Waals surface area contributed by atoms with Crippen molar-refractivity contribution < 1.29 is 36.0 Å². The van der Waals surface area contributed by atoms with Crippen LogP contribution in [0, 0.1) is 0 Å². The molecular formula is C17H25N3O8S3. The van der Waals surface area contributed by atoms with Crippen molar-refractivity contribution in [3.63, 3.8) is 0 Å². The molecule has 2 rings (SSSR count). The Morgan fingerprint density at radius 2 is 1.97 bits per heavy atom. The van der Waals surface area contributed by atoms with Crippen LogP contribution in [-0.2, 0) is 39.0 Å². The van der Waals surface area contributed by atoms with Gasteiger partial charge in [-0.25, -0.2) is 22.0 Å². The monoisotopic (exact) mass is 495 g/mol. The average molecular weight is 496 g/mol. The van der Waals surface area contributed by atoms with Crippen molar-refractivity contribution >= 4 is 49.0 Å². The highest BCUT2D eigenvalue weighted by molar-refractivity contribution is 7.95. The quantitative estimate of drug-likeness (QED) is 0.512. The van der Waals surface area contributed by atoms with Gasteiger partial charge in [0.1, 0.15) is 8.42 Å². The number of hydrogen-bond acceptors (Lipinski definition) is 9. The number of ether oxygens (including phenoxy) is 1. The zero-order valence-corrected chi connectivity index (χ0v) is 20.0. The van der Waals surface area contributed by atoms with Gasteiger partial charge in [0, 0.05) is 26.1 Å². The summed E-state index contributed by atoms with van der Waals surface area (Å²) in [4.78, 5) is 38.8. The second kappa shape index (κ2) is 9.22. The number of carbonyl (C=O) groups is 3. The van der Waals surface area contributed by atoms with Crippen LogP contribution in [-0.4, -0.2) is 76.4 Å². The number of nitrogens with zero attached hydrogens (tertiary/aromatic N) is 2. The van der Waals surface area contributed by atoms with E-state index >= 15 is 0 Å². The Balaban J connectivity index is 2.30. The Bertz CT molecular complexity index is 1090. The number of hydrogen-bond donors (Lipinski definition) is 1. The molecule has 0 saturated heterocycles. The zero-order chi connectivity index (χ0) is 23.7. The van der Waals surface area contributed by atoms with Crippen LogP contribution in [0.15, 0.2) is 14.5 Å². The Hall–Kier alpha value is -2.03. The lowest BCUT2D eigenvalue weighted by molar-refractivity contribution is -0.157. The Morgan fingerprint density at radius 3 is 2.48 bits per heavy atom. The molecule has 14 heteroatoms. The second-order valence-corrected chi connectivity index (χ2v) is 12.2. The highest BCUT2D eigenvalue weighted by atomic mass is 32.3. The third kappa shape index (κ3) is 5.61. The molecule has 31 heavy (non-hydrogen) atoms. The molecule has 0 aromatic carbocycles. The van der Waals surface area contributed by atoms with E-state index in [0.29, 0.717) is 11.3 Å². The van der Waals surface area contributed by atoms with Crippen molar-refractivity contribution in [3.8, 4) is 0 Å². The number of likely N-dealkylation sites (N-methyl/N-ethyl adjacent to an activating group) is 2. The first-order valence-electron chi connectivity index (χ1n) is 9.30. The minimum atomic E-state index is -4.12. The largest absolute Gasteiger partial charge is 0.453 e. The minimum absolute atomic E-state index is 0.0806. The highest BCUT2D eigenvalue weighted by Gasteiger charge is 2.38. The van der Waals surface area contributed by atoms with Crippen LogP contribution in [0.2, 0.25) is 0 Å². The molecule has 0 aliphatic carbocycles. The lowest BCUT2D eigenvalue weighted by Gasteiger charge is -2.34. The van der Waals surface area contributed by atoms with E-state index in [2.05, 4.69) is 0 Å². The molecule has 2 atom stereocenters. The van der Waals surface area contributed by atoms with E-state index in [0.717, 1.165) is 4.90 Å². The molecule has 0 spiro atoms. The van der Waals surface area contributed by atoms with Gasteiger partial charge in [-0.1, -0.05) is 0 Å². The van der Waals surface area contributed by atoms with Gasteiger partial charge in [0.05, 0.1) is 18.3 Å². The Kier molecular flexibility index (Phi) is 7.51. The topological polar surface area (TPSA) is 161 Å². The van der Waals surface area contributed by atoms with Crippen LogP contribution in [0.25, 0.3) is 0 Å². The summed E-state index contributed by atoms with van der Waals surface area (Å²) in [6.45, 7) is 4.12. The number of sulfonamides is 1. The van der Waals surface area contributed by atoms with E-state index in [4.69, 9.17) is 9.88 Å². The fraction of sp³-hybridized carbons (Fsp3) is 0.588. The van der Waals surface area contributed by atoms with Crippen LogP contribution >= 0.6 is 11.3 Å². The fourth-order valence-corrected chi connectivity index (χ4v) is 7.52. The summed E-state index contributed by atoms with van der Waals surface area (Å²) in [5.74, 6) is -1.92. The summed E-state index contributed by atoms with van der Waals surface area (Å²) in [6, 6.07) is 0.516. The molecule has 0 bridgehead atoms. The Labute approximate surface area is 185 Å². The number of carbonyl (C=O) groups excluding carboxylic acids is 3. The molecule has 1 aliphatic rings. The molecule has 1 aromatic rings. The molecule has 0 fully saturated rings. The fourth-order valence-electron chi connectivity index (χ4n) is 3.37. The van der Waals surface area contributed by atoms with Gasteiger partial charge in [-0.05, 0) is 26.3 Å². The molecule has 2 amide bonds. The third-order valence-corrected chi connectivity index (χ3v) is 9.71. The van der Waals surface area contributed by atoms with E-state index in [1.165, 1.54) is 31.9 Å². The molecule has 2 N–H and O–H groups in total. The number of esters is 1. The molecule has 0 unspecified atom stereocenters. The van der Waals surface area contributed by atoms with Crippen LogP contribution in [0.1, 0.15) is 38.8 Å². The van der Waals surface area contributed by atoms with Gasteiger partial charge in [0.25, 0.3) is 5.91 Å². The van der Waals surface area contributed by atoms with Gasteiger partial charge in [-0.2, -0.15) is 0 Å². The summed E-state index contributed by atoms with van der Waals surface area (Å²) in [5.41, 5.74) is 0.206. The predicted molar refractivity (Wildman–Crippen MR) is 111 cm³/mol. The average Bonchev–Trinajstić information content (AvgIpc) is 3.10. The molecule has 1 aliphatic heterocycles. The van der Waals surface area contributed by atoms with Gasteiger partial charge in [0.15, 0.2) is 15.9 Å². The van der Waals surface area contributed by atoms with Crippen molar-refractivity contribution in [2.45, 2.75) is 47.8 Å². The van der Waals surface area contributed by atoms with E-state index in [1.807, 2.05) is 0 Å². The molecule has 11 nitrogen and oxygen atoms in total. The summed E-state index contributed by atoms with van der Waals surface area (Å²) in [5, 5.41) is 5.16. The van der Waals surface area contributed by atoms with E-state index in [-0.39, 0.29) is 39.2 Å². The standard InChI is InChI=1S/C17H25N3O8S3/c1-5-20(14(22)9-19(4)16(23)10(2)28-11(3)21)13-6-7-30(24,25)17-12(13)8-15(29-17)31(18,26)27/h8,10,13H,5-7,9H2,1-4H3,(H2,18,26,27)/t10-,13-/m0/s1. The van der Waals surface area contributed by atoms with Gasteiger partial charge < -0.3 is 14.5 Å². The van der Waals surface area contributed by atoms with Crippen LogP contribution in [0.5, 0.6) is 0 Å². The van der Waals surface area contributed by atoms with Gasteiger partial charge in [-0.15, -0.1) is 11.3 Å². The lowest BCUT2D eigenvalue weighted by atomic mass is 10.1. The third-order valence-electron chi connectivity index (χ3n) is 4.76. The first-order chi connectivity index (χ1) is 14.2. The van der Waals surface area contributed by atoms with Crippen molar-refractivity contribution in [2.75, 3.05) is 25.9 Å². The smallest absolute Gasteiger partial charge is 0.303 e.